The first-order chi connectivity index (χ1) is 17.3. The van der Waals surface area contributed by atoms with Crippen molar-refractivity contribution in [2.24, 2.45) is 5.73 Å². The third-order valence-corrected chi connectivity index (χ3v) is 6.48. The Bertz CT molecular complexity index is 1340. The topological polar surface area (TPSA) is 140 Å². The summed E-state index contributed by atoms with van der Waals surface area (Å²) < 4.78 is 21.9. The van der Waals surface area contributed by atoms with Crippen molar-refractivity contribution < 1.29 is 23.7 Å². The maximum atomic E-state index is 13.2. The Morgan fingerprint density at radius 3 is 2.50 bits per heavy atom. The number of nitriles is 2. The van der Waals surface area contributed by atoms with Gasteiger partial charge in [-0.1, -0.05) is 17.8 Å². The maximum Gasteiger partial charge on any atom is 0.339 e. The van der Waals surface area contributed by atoms with Gasteiger partial charge in [-0.25, -0.2) is 4.79 Å². The van der Waals surface area contributed by atoms with Crippen molar-refractivity contribution >= 4 is 17.7 Å². The summed E-state index contributed by atoms with van der Waals surface area (Å²) in [6.07, 6.45) is 0. The lowest BCUT2D eigenvalue weighted by atomic mass is 9.84. The van der Waals surface area contributed by atoms with Gasteiger partial charge >= 0.3 is 5.97 Å². The molecule has 0 bridgehead atoms. The standard InChI is InChI=1S/C26H26N4O5S/c1-6-34-25(31)23-22(16-7-8-20(32-4)21(10-16)33-5)18(12-28)24(29)35-26(23)36-13-19-17(11-27)14(2)9-15(3)30-19/h7-10,22H,6,13,29H2,1-5H3/t22-/m0/s1. The van der Waals surface area contributed by atoms with Crippen LogP contribution < -0.4 is 15.2 Å². The second-order valence-corrected chi connectivity index (χ2v) is 8.71. The highest BCUT2D eigenvalue weighted by atomic mass is 32.2. The minimum absolute atomic E-state index is 0.0665. The smallest absolute Gasteiger partial charge is 0.339 e. The molecule has 3 rings (SSSR count). The predicted octanol–water partition coefficient (Wildman–Crippen LogP) is 4.10. The van der Waals surface area contributed by atoms with Gasteiger partial charge in [0.05, 0.1) is 43.6 Å². The number of thioether (sulfide) groups is 1. The van der Waals surface area contributed by atoms with E-state index >= 15 is 0 Å². The Hall–Kier alpha value is -4.15. The van der Waals surface area contributed by atoms with E-state index in [4.69, 9.17) is 24.7 Å². The van der Waals surface area contributed by atoms with Gasteiger partial charge in [-0.15, -0.1) is 0 Å². The fourth-order valence-corrected chi connectivity index (χ4v) is 4.90. The van der Waals surface area contributed by atoms with E-state index in [-0.39, 0.29) is 34.5 Å². The molecule has 0 amide bonds. The Labute approximate surface area is 214 Å². The van der Waals surface area contributed by atoms with Crippen LogP contribution in [0.2, 0.25) is 0 Å². The van der Waals surface area contributed by atoms with Gasteiger partial charge in [-0.3, -0.25) is 4.98 Å². The van der Waals surface area contributed by atoms with Gasteiger partial charge < -0.3 is 24.7 Å². The number of hydrogen-bond acceptors (Lipinski definition) is 10. The number of esters is 1. The van der Waals surface area contributed by atoms with Crippen LogP contribution in [0.5, 0.6) is 11.5 Å². The third kappa shape index (κ3) is 5.24. The molecule has 0 spiro atoms. The lowest BCUT2D eigenvalue weighted by Crippen LogP contribution is -2.25. The molecule has 186 valence electrons. The van der Waals surface area contributed by atoms with Crippen LogP contribution in [-0.4, -0.2) is 31.8 Å². The highest BCUT2D eigenvalue weighted by Gasteiger charge is 2.38. The number of pyridine rings is 1. The molecule has 0 saturated heterocycles. The van der Waals surface area contributed by atoms with Crippen LogP contribution in [0.1, 0.15) is 40.9 Å². The molecule has 1 aromatic carbocycles. The van der Waals surface area contributed by atoms with Crippen molar-refractivity contribution in [2.45, 2.75) is 32.4 Å². The number of nitrogens with zero attached hydrogens (tertiary/aromatic N) is 3. The molecule has 1 aliphatic rings. The summed E-state index contributed by atoms with van der Waals surface area (Å²) in [6.45, 7) is 5.50. The lowest BCUT2D eigenvalue weighted by molar-refractivity contribution is -0.139. The van der Waals surface area contributed by atoms with Crippen molar-refractivity contribution in [3.05, 3.63) is 74.5 Å². The Morgan fingerprint density at radius 1 is 1.17 bits per heavy atom. The van der Waals surface area contributed by atoms with Crippen LogP contribution in [0.3, 0.4) is 0 Å². The van der Waals surface area contributed by atoms with E-state index in [9.17, 15) is 15.3 Å². The van der Waals surface area contributed by atoms with Gasteiger partial charge in [0.15, 0.2) is 16.6 Å². The summed E-state index contributed by atoms with van der Waals surface area (Å²) in [7, 11) is 3.01. The van der Waals surface area contributed by atoms with Gasteiger partial charge in [-0.2, -0.15) is 10.5 Å². The quantitative estimate of drug-likeness (QED) is 0.520. The number of carbonyl (C=O) groups excluding carboxylic acids is 1. The van der Waals surface area contributed by atoms with Crippen LogP contribution >= 0.6 is 11.8 Å². The van der Waals surface area contributed by atoms with Crippen LogP contribution in [-0.2, 0) is 20.0 Å². The Morgan fingerprint density at radius 2 is 1.89 bits per heavy atom. The van der Waals surface area contributed by atoms with Crippen molar-refractivity contribution in [1.82, 2.24) is 4.98 Å². The number of carbonyl (C=O) groups is 1. The lowest BCUT2D eigenvalue weighted by Gasteiger charge is -2.28. The fraction of sp³-hybridized carbons (Fsp3) is 0.308. The zero-order valence-corrected chi connectivity index (χ0v) is 21.5. The zero-order valence-electron chi connectivity index (χ0n) is 20.7. The first kappa shape index (κ1) is 26.5. The molecule has 1 aromatic heterocycles. The molecule has 0 radical (unpaired) electrons. The van der Waals surface area contributed by atoms with Crippen molar-refractivity contribution in [1.29, 1.82) is 10.5 Å². The number of rotatable bonds is 8. The second kappa shape index (κ2) is 11.5. The van der Waals surface area contributed by atoms with Gasteiger partial charge in [0.2, 0.25) is 5.88 Å². The molecule has 2 N–H and O–H groups in total. The SMILES string of the molecule is CCOC(=O)C1=C(SCc2nc(C)cc(C)c2C#N)OC(N)=C(C#N)[C@@H]1c1ccc(OC)c(OC)c1. The predicted molar refractivity (Wildman–Crippen MR) is 134 cm³/mol. The molecule has 0 aliphatic carbocycles. The van der Waals surface area contributed by atoms with Gasteiger partial charge in [0.25, 0.3) is 0 Å². The Kier molecular flexibility index (Phi) is 8.46. The fourth-order valence-electron chi connectivity index (χ4n) is 3.92. The minimum Gasteiger partial charge on any atom is -0.493 e. The molecule has 2 aromatic rings. The molecule has 0 unspecified atom stereocenters. The van der Waals surface area contributed by atoms with Gasteiger partial charge in [0, 0.05) is 11.4 Å². The summed E-state index contributed by atoms with van der Waals surface area (Å²) in [5.41, 5.74) is 9.50. The normalized spacial score (nSPS) is 15.0. The van der Waals surface area contributed by atoms with Crippen molar-refractivity contribution in [2.75, 3.05) is 20.8 Å². The summed E-state index contributed by atoms with van der Waals surface area (Å²) >= 11 is 1.16. The van der Waals surface area contributed by atoms with Crippen LogP contribution in [0.25, 0.3) is 0 Å². The highest BCUT2D eigenvalue weighted by Crippen LogP contribution is 2.45. The molecule has 9 nitrogen and oxygen atoms in total. The minimum atomic E-state index is -0.868. The summed E-state index contributed by atoms with van der Waals surface area (Å²) in [4.78, 5) is 17.7. The van der Waals surface area contributed by atoms with E-state index in [0.29, 0.717) is 28.3 Å². The van der Waals surface area contributed by atoms with E-state index in [2.05, 4.69) is 17.1 Å². The van der Waals surface area contributed by atoms with Crippen molar-refractivity contribution in [3.63, 3.8) is 0 Å². The van der Waals surface area contributed by atoms with E-state index in [1.54, 1.807) is 25.1 Å². The van der Waals surface area contributed by atoms with Crippen LogP contribution in [0.15, 0.2) is 46.4 Å². The molecular formula is C26H26N4O5S. The number of hydrogen-bond donors (Lipinski definition) is 1. The summed E-state index contributed by atoms with van der Waals surface area (Å²) in [6, 6.07) is 11.2. The number of aryl methyl sites for hydroxylation is 2. The van der Waals surface area contributed by atoms with Crippen LogP contribution in [0.4, 0.5) is 0 Å². The average molecular weight is 507 g/mol. The number of allylic oxidation sites excluding steroid dienone is 1. The number of aromatic nitrogens is 1. The summed E-state index contributed by atoms with van der Waals surface area (Å²) in [5, 5.41) is 19.7. The second-order valence-electron chi connectivity index (χ2n) is 7.76. The van der Waals surface area contributed by atoms with Crippen LogP contribution in [0, 0.1) is 36.5 Å². The first-order valence-electron chi connectivity index (χ1n) is 11.0. The van der Waals surface area contributed by atoms with E-state index < -0.39 is 11.9 Å². The van der Waals surface area contributed by atoms with Crippen molar-refractivity contribution in [3.8, 4) is 23.6 Å². The molecule has 2 heterocycles. The molecule has 1 atom stereocenters. The molecular weight excluding hydrogens is 480 g/mol. The number of ether oxygens (including phenoxy) is 4. The summed E-state index contributed by atoms with van der Waals surface area (Å²) in [5.74, 6) is -0.487. The molecule has 10 heteroatoms. The monoisotopic (exact) mass is 506 g/mol. The van der Waals surface area contributed by atoms with E-state index in [1.165, 1.54) is 14.2 Å². The average Bonchev–Trinajstić information content (AvgIpc) is 2.86. The highest BCUT2D eigenvalue weighted by molar-refractivity contribution is 8.02. The molecule has 0 fully saturated rings. The Balaban J connectivity index is 2.16. The number of benzene rings is 1. The molecule has 1 aliphatic heterocycles. The largest absolute Gasteiger partial charge is 0.493 e. The first-order valence-corrected chi connectivity index (χ1v) is 12.0. The van der Waals surface area contributed by atoms with Gasteiger partial charge in [0.1, 0.15) is 17.7 Å². The molecule has 0 saturated carbocycles. The van der Waals surface area contributed by atoms with E-state index in [1.807, 2.05) is 19.9 Å². The maximum absolute atomic E-state index is 13.2. The third-order valence-electron chi connectivity index (χ3n) is 5.49. The van der Waals surface area contributed by atoms with Gasteiger partial charge in [-0.05, 0) is 50.1 Å². The number of nitrogens with two attached hydrogens (primary N) is 1. The zero-order chi connectivity index (χ0) is 26.4. The van der Waals surface area contributed by atoms with E-state index in [0.717, 1.165) is 23.0 Å². The molecule has 36 heavy (non-hydrogen) atoms. The number of methoxy groups -OCH3 is 2.